The zero-order chi connectivity index (χ0) is 36.7. The molecule has 0 radical (unpaired) electrons. The van der Waals surface area contributed by atoms with Crippen LogP contribution in [-0.4, -0.2) is 0 Å². The summed E-state index contributed by atoms with van der Waals surface area (Å²) < 4.78 is 2.70. The second-order valence-corrected chi connectivity index (χ2v) is 16.4. The molecule has 0 saturated carbocycles. The molecule has 1 aromatic heterocycles. The number of hydrogen-bond acceptors (Lipinski definition) is 2. The fraction of sp³-hybridized carbons (Fsp3) is 0.0566. The van der Waals surface area contributed by atoms with Crippen molar-refractivity contribution in [3.63, 3.8) is 0 Å². The van der Waals surface area contributed by atoms with Crippen molar-refractivity contribution in [1.82, 2.24) is 0 Å². The molecule has 2 heteroatoms. The molecule has 1 nitrogen and oxygen atoms in total. The molecule has 10 aromatic rings. The Hall–Kier alpha value is -6.48. The van der Waals surface area contributed by atoms with Crippen LogP contribution in [0, 0.1) is 0 Å². The quantitative estimate of drug-likeness (QED) is 0.171. The average Bonchev–Trinajstić information content (AvgIpc) is 3.73. The fourth-order valence-electron chi connectivity index (χ4n) is 9.04. The molecule has 9 aromatic carbocycles. The molecule has 0 bridgehead atoms. The smallest absolute Gasteiger partial charge is 0.0540 e. The molecule has 1 aliphatic rings. The normalized spacial score (nSPS) is 13.1. The Labute approximate surface area is 325 Å². The molecule has 0 amide bonds. The Kier molecular flexibility index (Phi) is 7.14. The maximum atomic E-state index is 2.45. The number of rotatable bonds is 5. The van der Waals surface area contributed by atoms with Crippen LogP contribution in [0.1, 0.15) is 25.0 Å². The molecule has 55 heavy (non-hydrogen) atoms. The van der Waals surface area contributed by atoms with Crippen LogP contribution in [-0.2, 0) is 5.41 Å². The Bertz CT molecular complexity index is 3130. The van der Waals surface area contributed by atoms with Gasteiger partial charge in [0.15, 0.2) is 0 Å². The zero-order valence-electron chi connectivity index (χ0n) is 30.8. The van der Waals surface area contributed by atoms with Crippen LogP contribution in [0.2, 0.25) is 0 Å². The summed E-state index contributed by atoms with van der Waals surface area (Å²) in [6, 6.07) is 69.7. The van der Waals surface area contributed by atoms with E-state index in [1.54, 1.807) is 0 Å². The van der Waals surface area contributed by atoms with E-state index in [2.05, 4.69) is 207 Å². The van der Waals surface area contributed by atoms with Crippen LogP contribution in [0.5, 0.6) is 0 Å². The first kappa shape index (κ1) is 32.0. The van der Waals surface area contributed by atoms with Gasteiger partial charge in [-0.1, -0.05) is 153 Å². The SMILES string of the molecule is CC1(C)c2ccccc2-c2cc(N(c3ccc(-c4ccc5c(ccc6c7ccccc7sc56)c4)cc3)c3ccccc3-c3ccc4ccccc4c3)ccc21. The molecular formula is C53H37NS. The lowest BCUT2D eigenvalue weighted by atomic mass is 9.82. The minimum Gasteiger partial charge on any atom is -0.310 e. The Morgan fingerprint density at radius 3 is 1.93 bits per heavy atom. The predicted molar refractivity (Wildman–Crippen MR) is 237 cm³/mol. The number of fused-ring (bicyclic) bond motifs is 9. The summed E-state index contributed by atoms with van der Waals surface area (Å²) >= 11 is 1.89. The van der Waals surface area contributed by atoms with Gasteiger partial charge in [0.25, 0.3) is 0 Å². The van der Waals surface area contributed by atoms with Crippen LogP contribution >= 0.6 is 11.3 Å². The first-order valence-electron chi connectivity index (χ1n) is 19.1. The Morgan fingerprint density at radius 2 is 1.04 bits per heavy atom. The minimum absolute atomic E-state index is 0.0530. The topological polar surface area (TPSA) is 3.24 Å². The molecule has 0 fully saturated rings. The summed E-state index contributed by atoms with van der Waals surface area (Å²) in [5.41, 5.74) is 13.6. The monoisotopic (exact) mass is 719 g/mol. The van der Waals surface area contributed by atoms with Crippen LogP contribution < -0.4 is 4.90 Å². The maximum absolute atomic E-state index is 2.45. The van der Waals surface area contributed by atoms with E-state index in [1.165, 1.54) is 86.2 Å². The second kappa shape index (κ2) is 12.3. The van der Waals surface area contributed by atoms with Gasteiger partial charge in [-0.2, -0.15) is 0 Å². The van der Waals surface area contributed by atoms with Gasteiger partial charge in [-0.25, -0.2) is 0 Å². The van der Waals surface area contributed by atoms with Gasteiger partial charge >= 0.3 is 0 Å². The van der Waals surface area contributed by atoms with Crippen LogP contribution in [0.25, 0.3) is 75.1 Å². The molecule has 0 unspecified atom stereocenters. The fourth-order valence-corrected chi connectivity index (χ4v) is 10.3. The van der Waals surface area contributed by atoms with Crippen LogP contribution in [0.4, 0.5) is 17.1 Å². The van der Waals surface area contributed by atoms with Crippen molar-refractivity contribution < 1.29 is 0 Å². The van der Waals surface area contributed by atoms with Crippen molar-refractivity contribution in [2.45, 2.75) is 19.3 Å². The van der Waals surface area contributed by atoms with Crippen molar-refractivity contribution in [3.05, 3.63) is 199 Å². The summed E-state index contributed by atoms with van der Waals surface area (Å²) in [5, 5.41) is 7.76. The van der Waals surface area contributed by atoms with Crippen molar-refractivity contribution in [2.24, 2.45) is 0 Å². The first-order chi connectivity index (χ1) is 27.0. The van der Waals surface area contributed by atoms with Crippen molar-refractivity contribution >= 4 is 70.1 Å². The van der Waals surface area contributed by atoms with Gasteiger partial charge in [0, 0.05) is 42.5 Å². The van der Waals surface area contributed by atoms with Crippen molar-refractivity contribution in [3.8, 4) is 33.4 Å². The van der Waals surface area contributed by atoms with Gasteiger partial charge < -0.3 is 4.90 Å². The third-order valence-electron chi connectivity index (χ3n) is 11.8. The first-order valence-corrected chi connectivity index (χ1v) is 19.9. The molecule has 0 spiro atoms. The molecule has 11 rings (SSSR count). The molecule has 0 saturated heterocycles. The highest BCUT2D eigenvalue weighted by Crippen LogP contribution is 2.51. The van der Waals surface area contributed by atoms with Gasteiger partial charge in [-0.05, 0) is 109 Å². The van der Waals surface area contributed by atoms with Crippen LogP contribution in [0.15, 0.2) is 188 Å². The van der Waals surface area contributed by atoms with Crippen molar-refractivity contribution in [2.75, 3.05) is 4.90 Å². The highest BCUT2D eigenvalue weighted by atomic mass is 32.1. The number of hydrogen-bond donors (Lipinski definition) is 0. The summed E-state index contributed by atoms with van der Waals surface area (Å²) in [4.78, 5) is 2.45. The molecule has 1 aliphatic carbocycles. The van der Waals surface area contributed by atoms with E-state index in [9.17, 15) is 0 Å². The highest BCUT2D eigenvalue weighted by molar-refractivity contribution is 7.26. The minimum atomic E-state index is -0.0530. The average molecular weight is 720 g/mol. The molecule has 260 valence electrons. The van der Waals surface area contributed by atoms with E-state index in [1.807, 2.05) is 11.3 Å². The predicted octanol–water partition coefficient (Wildman–Crippen LogP) is 15.5. The lowest BCUT2D eigenvalue weighted by Gasteiger charge is -2.29. The van der Waals surface area contributed by atoms with E-state index < -0.39 is 0 Å². The molecule has 0 N–H and O–H groups in total. The van der Waals surface area contributed by atoms with E-state index >= 15 is 0 Å². The van der Waals surface area contributed by atoms with Gasteiger partial charge in [0.05, 0.1) is 5.69 Å². The number of benzene rings is 9. The maximum Gasteiger partial charge on any atom is 0.0540 e. The largest absolute Gasteiger partial charge is 0.310 e. The lowest BCUT2D eigenvalue weighted by Crippen LogP contribution is -2.15. The van der Waals surface area contributed by atoms with Gasteiger partial charge in [0.2, 0.25) is 0 Å². The summed E-state index contributed by atoms with van der Waals surface area (Å²) in [7, 11) is 0. The number of nitrogens with zero attached hydrogens (tertiary/aromatic N) is 1. The summed E-state index contributed by atoms with van der Waals surface area (Å²) in [5.74, 6) is 0. The lowest BCUT2D eigenvalue weighted by molar-refractivity contribution is 0.660. The van der Waals surface area contributed by atoms with E-state index in [0.29, 0.717) is 0 Å². The standard InChI is InChI=1S/C53H37NS/c1-53(2)48-16-8-5-14-44(48)47-33-41(27-30-49(47)53)54(50-17-9-6-13-42(50)38-20-19-34-11-3-4-12-36(34)31-38)40-25-21-35(22-26-40)37-23-28-43-39(32-37)24-29-46-45-15-7-10-18-51(45)55-52(43)46/h3-33H,1-2H3. The summed E-state index contributed by atoms with van der Waals surface area (Å²) in [6.07, 6.45) is 0. The molecular weight excluding hydrogens is 683 g/mol. The van der Waals surface area contributed by atoms with Gasteiger partial charge in [-0.15, -0.1) is 11.3 Å². The Morgan fingerprint density at radius 1 is 0.400 bits per heavy atom. The molecule has 1 heterocycles. The third kappa shape index (κ3) is 5.06. The number of para-hydroxylation sites is 1. The highest BCUT2D eigenvalue weighted by Gasteiger charge is 2.35. The van der Waals surface area contributed by atoms with Crippen molar-refractivity contribution in [1.29, 1.82) is 0 Å². The second-order valence-electron chi connectivity index (χ2n) is 15.3. The zero-order valence-corrected chi connectivity index (χ0v) is 31.6. The third-order valence-corrected chi connectivity index (χ3v) is 13.1. The van der Waals surface area contributed by atoms with Gasteiger partial charge in [0.1, 0.15) is 0 Å². The summed E-state index contributed by atoms with van der Waals surface area (Å²) in [6.45, 7) is 4.70. The molecule has 0 aliphatic heterocycles. The number of anilines is 3. The van der Waals surface area contributed by atoms with Gasteiger partial charge in [-0.3, -0.25) is 0 Å². The number of thiophene rings is 1. The Balaban J connectivity index is 1.05. The van der Waals surface area contributed by atoms with E-state index in [4.69, 9.17) is 0 Å². The van der Waals surface area contributed by atoms with E-state index in [0.717, 1.165) is 17.1 Å². The molecule has 0 atom stereocenters. The van der Waals surface area contributed by atoms with E-state index in [-0.39, 0.29) is 5.41 Å². The van der Waals surface area contributed by atoms with Crippen LogP contribution in [0.3, 0.4) is 0 Å².